The lowest BCUT2D eigenvalue weighted by Crippen LogP contribution is -2.22. The maximum absolute atomic E-state index is 11.6. The Morgan fingerprint density at radius 3 is 2.81 bits per heavy atom. The molecule has 0 spiro atoms. The third-order valence-corrected chi connectivity index (χ3v) is 4.08. The Labute approximate surface area is 93.9 Å². The molecule has 0 saturated carbocycles. The molecule has 0 unspecified atom stereocenters. The third-order valence-electron chi connectivity index (χ3n) is 2.32. The maximum Gasteiger partial charge on any atom is 0.235 e. The Balaban J connectivity index is 2.34. The minimum Gasteiger partial charge on any atom is -0.283 e. The SMILES string of the molecule is CC(C)S(=O)(=O)Nc1ccc2cn[nH]c2c1. The molecule has 0 aliphatic carbocycles. The summed E-state index contributed by atoms with van der Waals surface area (Å²) < 4.78 is 25.8. The Kier molecular flexibility index (Phi) is 2.59. The first-order valence-electron chi connectivity index (χ1n) is 4.94. The third kappa shape index (κ3) is 2.01. The monoisotopic (exact) mass is 239 g/mol. The molecule has 2 N–H and O–H groups in total. The van der Waals surface area contributed by atoms with Gasteiger partial charge in [0.05, 0.1) is 22.7 Å². The average Bonchev–Trinajstić information content (AvgIpc) is 2.63. The highest BCUT2D eigenvalue weighted by Gasteiger charge is 2.15. The van der Waals surface area contributed by atoms with E-state index in [1.807, 2.05) is 6.07 Å². The van der Waals surface area contributed by atoms with E-state index in [0.29, 0.717) is 5.69 Å². The Morgan fingerprint density at radius 2 is 2.12 bits per heavy atom. The van der Waals surface area contributed by atoms with Gasteiger partial charge in [-0.1, -0.05) is 0 Å². The molecule has 0 fully saturated rings. The van der Waals surface area contributed by atoms with E-state index in [2.05, 4.69) is 14.9 Å². The van der Waals surface area contributed by atoms with E-state index in [9.17, 15) is 8.42 Å². The number of benzene rings is 1. The van der Waals surface area contributed by atoms with Gasteiger partial charge >= 0.3 is 0 Å². The lowest BCUT2D eigenvalue weighted by atomic mass is 10.2. The van der Waals surface area contributed by atoms with Crippen LogP contribution in [0.25, 0.3) is 10.9 Å². The molecule has 5 nitrogen and oxygen atoms in total. The second-order valence-electron chi connectivity index (χ2n) is 3.87. The summed E-state index contributed by atoms with van der Waals surface area (Å²) in [6.07, 6.45) is 1.69. The molecule has 0 saturated heterocycles. The fourth-order valence-electron chi connectivity index (χ4n) is 1.28. The first kappa shape index (κ1) is 10.9. The highest BCUT2D eigenvalue weighted by Crippen LogP contribution is 2.18. The number of rotatable bonds is 3. The number of sulfonamides is 1. The van der Waals surface area contributed by atoms with Gasteiger partial charge in [0.2, 0.25) is 10.0 Å². The first-order valence-corrected chi connectivity index (χ1v) is 6.48. The molecule has 1 aromatic carbocycles. The Bertz CT molecular complexity index is 601. The van der Waals surface area contributed by atoms with Crippen molar-refractivity contribution in [3.8, 4) is 0 Å². The number of fused-ring (bicyclic) bond motifs is 1. The minimum atomic E-state index is -3.29. The predicted molar refractivity (Wildman–Crippen MR) is 63.8 cm³/mol. The number of H-pyrrole nitrogens is 1. The zero-order valence-electron chi connectivity index (χ0n) is 9.06. The summed E-state index contributed by atoms with van der Waals surface area (Å²) in [6, 6.07) is 5.26. The van der Waals surface area contributed by atoms with Crippen LogP contribution in [0.4, 0.5) is 5.69 Å². The highest BCUT2D eigenvalue weighted by molar-refractivity contribution is 7.93. The van der Waals surface area contributed by atoms with Crippen LogP contribution < -0.4 is 4.72 Å². The van der Waals surface area contributed by atoms with Crippen LogP contribution in [-0.2, 0) is 10.0 Å². The van der Waals surface area contributed by atoms with E-state index in [1.165, 1.54) is 0 Å². The van der Waals surface area contributed by atoms with Crippen LogP contribution in [0.2, 0.25) is 0 Å². The lowest BCUT2D eigenvalue weighted by Gasteiger charge is -2.10. The molecule has 16 heavy (non-hydrogen) atoms. The van der Waals surface area contributed by atoms with Gasteiger partial charge in [-0.25, -0.2) is 8.42 Å². The summed E-state index contributed by atoms with van der Waals surface area (Å²) in [6.45, 7) is 3.27. The molecular weight excluding hydrogens is 226 g/mol. The van der Waals surface area contributed by atoms with E-state index >= 15 is 0 Å². The molecule has 0 atom stereocenters. The van der Waals surface area contributed by atoms with Crippen molar-refractivity contribution >= 4 is 26.6 Å². The molecule has 6 heteroatoms. The zero-order valence-corrected chi connectivity index (χ0v) is 9.88. The quantitative estimate of drug-likeness (QED) is 0.856. The van der Waals surface area contributed by atoms with Crippen LogP contribution >= 0.6 is 0 Å². The smallest absolute Gasteiger partial charge is 0.235 e. The van der Waals surface area contributed by atoms with Crippen molar-refractivity contribution in [1.82, 2.24) is 10.2 Å². The molecule has 0 aliphatic heterocycles. The number of aromatic nitrogens is 2. The summed E-state index contributed by atoms with van der Waals surface area (Å²) in [5.41, 5.74) is 1.36. The lowest BCUT2D eigenvalue weighted by molar-refractivity contribution is 0.593. The van der Waals surface area contributed by atoms with Crippen LogP contribution in [0, 0.1) is 0 Å². The van der Waals surface area contributed by atoms with Gasteiger partial charge in [0.15, 0.2) is 0 Å². The van der Waals surface area contributed by atoms with Crippen LogP contribution in [0.3, 0.4) is 0 Å². The molecular formula is C10H13N3O2S. The van der Waals surface area contributed by atoms with E-state index < -0.39 is 15.3 Å². The molecule has 1 aromatic heterocycles. The Hall–Kier alpha value is -1.56. The number of hydrogen-bond acceptors (Lipinski definition) is 3. The molecule has 2 rings (SSSR count). The van der Waals surface area contributed by atoms with E-state index in [1.54, 1.807) is 32.2 Å². The van der Waals surface area contributed by atoms with Gasteiger partial charge in [0.1, 0.15) is 0 Å². The number of aromatic amines is 1. The summed E-state index contributed by atoms with van der Waals surface area (Å²) in [4.78, 5) is 0. The fraction of sp³-hybridized carbons (Fsp3) is 0.300. The number of nitrogens with zero attached hydrogens (tertiary/aromatic N) is 1. The topological polar surface area (TPSA) is 74.8 Å². The van der Waals surface area contributed by atoms with Crippen LogP contribution in [0.15, 0.2) is 24.4 Å². The molecule has 0 amide bonds. The second-order valence-corrected chi connectivity index (χ2v) is 6.10. The zero-order chi connectivity index (χ0) is 11.8. The highest BCUT2D eigenvalue weighted by atomic mass is 32.2. The van der Waals surface area contributed by atoms with Crippen LogP contribution in [-0.4, -0.2) is 23.9 Å². The molecule has 0 radical (unpaired) electrons. The number of anilines is 1. The molecule has 0 aliphatic rings. The fourth-order valence-corrected chi connectivity index (χ4v) is 1.97. The number of hydrogen-bond donors (Lipinski definition) is 2. The van der Waals surface area contributed by atoms with Gasteiger partial charge in [-0.15, -0.1) is 0 Å². The van der Waals surface area contributed by atoms with Gasteiger partial charge in [-0.2, -0.15) is 5.10 Å². The summed E-state index contributed by atoms with van der Waals surface area (Å²) in [5, 5.41) is 7.16. The van der Waals surface area contributed by atoms with Gasteiger partial charge in [-0.05, 0) is 32.0 Å². The van der Waals surface area contributed by atoms with E-state index in [-0.39, 0.29) is 0 Å². The van der Waals surface area contributed by atoms with E-state index in [0.717, 1.165) is 10.9 Å². The summed E-state index contributed by atoms with van der Waals surface area (Å²) in [5.74, 6) is 0. The number of nitrogens with one attached hydrogen (secondary N) is 2. The van der Waals surface area contributed by atoms with Crippen molar-refractivity contribution in [2.45, 2.75) is 19.1 Å². The van der Waals surface area contributed by atoms with Crippen molar-refractivity contribution in [2.75, 3.05) is 4.72 Å². The van der Waals surface area contributed by atoms with Gasteiger partial charge in [-0.3, -0.25) is 9.82 Å². The van der Waals surface area contributed by atoms with Crippen molar-refractivity contribution in [1.29, 1.82) is 0 Å². The van der Waals surface area contributed by atoms with Gasteiger partial charge in [0.25, 0.3) is 0 Å². The van der Waals surface area contributed by atoms with Crippen molar-refractivity contribution in [3.63, 3.8) is 0 Å². The van der Waals surface area contributed by atoms with Crippen LogP contribution in [0.1, 0.15) is 13.8 Å². The van der Waals surface area contributed by atoms with Crippen molar-refractivity contribution < 1.29 is 8.42 Å². The largest absolute Gasteiger partial charge is 0.283 e. The Morgan fingerprint density at radius 1 is 1.38 bits per heavy atom. The van der Waals surface area contributed by atoms with Crippen molar-refractivity contribution in [2.24, 2.45) is 0 Å². The first-order chi connectivity index (χ1) is 7.49. The minimum absolute atomic E-state index is 0.454. The average molecular weight is 239 g/mol. The van der Waals surface area contributed by atoms with Crippen molar-refractivity contribution in [3.05, 3.63) is 24.4 Å². The summed E-state index contributed by atoms with van der Waals surface area (Å²) >= 11 is 0. The van der Waals surface area contributed by atoms with Crippen LogP contribution in [0.5, 0.6) is 0 Å². The normalized spacial score (nSPS) is 12.2. The second kappa shape index (κ2) is 3.79. The summed E-state index contributed by atoms with van der Waals surface area (Å²) in [7, 11) is -3.29. The standard InChI is InChI=1S/C10H13N3O2S/c1-7(2)16(14,15)13-9-4-3-8-6-11-12-10(8)5-9/h3-7,13H,1-2H3,(H,11,12). The molecule has 1 heterocycles. The predicted octanol–water partition coefficient (Wildman–Crippen LogP) is 1.71. The molecule has 2 aromatic rings. The van der Waals surface area contributed by atoms with Gasteiger partial charge < -0.3 is 0 Å². The molecule has 86 valence electrons. The molecule has 0 bridgehead atoms. The maximum atomic E-state index is 11.6. The van der Waals surface area contributed by atoms with E-state index in [4.69, 9.17) is 0 Å². The van der Waals surface area contributed by atoms with Gasteiger partial charge in [0, 0.05) is 5.39 Å².